The predicted molar refractivity (Wildman–Crippen MR) is 109 cm³/mol. The largest absolute Gasteiger partial charge is 0.489 e. The van der Waals surface area contributed by atoms with Gasteiger partial charge in [-0.05, 0) is 81.2 Å². The van der Waals surface area contributed by atoms with E-state index < -0.39 is 11.7 Å². The van der Waals surface area contributed by atoms with Crippen LogP contribution >= 0.6 is 0 Å². The van der Waals surface area contributed by atoms with Gasteiger partial charge in [0.15, 0.2) is 0 Å². The molecule has 1 fully saturated rings. The molecule has 4 rings (SSSR count). The first-order valence-corrected chi connectivity index (χ1v) is 10.4. The summed E-state index contributed by atoms with van der Waals surface area (Å²) in [4.78, 5) is 4.32. The van der Waals surface area contributed by atoms with Crippen LogP contribution in [0.3, 0.4) is 0 Å². The molecule has 2 aliphatic rings. The van der Waals surface area contributed by atoms with Gasteiger partial charge in [0.1, 0.15) is 12.4 Å². The first-order valence-electron chi connectivity index (χ1n) is 10.4. The number of ether oxygens (including phenoxy) is 1. The van der Waals surface area contributed by atoms with E-state index in [2.05, 4.69) is 30.1 Å². The van der Waals surface area contributed by atoms with Gasteiger partial charge in [-0.15, -0.1) is 0 Å². The molecule has 0 saturated heterocycles. The molecule has 0 radical (unpaired) electrons. The van der Waals surface area contributed by atoms with Crippen molar-refractivity contribution in [2.24, 2.45) is 5.92 Å². The SMILES string of the molecule is CC[C@@]12C[C@H](O)[C@@](C)(O)C[C@H]1CCc1cc(OCc3ccc(C)nc3)ccc12. The molecule has 2 aliphatic carbocycles. The molecule has 1 aromatic carbocycles. The Bertz CT molecular complexity index is 845. The molecule has 2 N–H and O–H groups in total. The van der Waals surface area contributed by atoms with Gasteiger partial charge < -0.3 is 14.9 Å². The molecule has 0 spiro atoms. The monoisotopic (exact) mass is 381 g/mol. The quantitative estimate of drug-likeness (QED) is 0.837. The van der Waals surface area contributed by atoms with Crippen molar-refractivity contribution < 1.29 is 14.9 Å². The molecule has 1 saturated carbocycles. The highest BCUT2D eigenvalue weighted by Gasteiger charge is 2.53. The summed E-state index contributed by atoms with van der Waals surface area (Å²) in [6.07, 6.45) is 5.50. The summed E-state index contributed by atoms with van der Waals surface area (Å²) < 4.78 is 6.03. The third-order valence-corrected chi connectivity index (χ3v) is 7.10. The van der Waals surface area contributed by atoms with Crippen LogP contribution in [0.4, 0.5) is 0 Å². The van der Waals surface area contributed by atoms with Gasteiger partial charge in [0, 0.05) is 22.9 Å². The predicted octanol–water partition coefficient (Wildman–Crippen LogP) is 4.08. The number of aryl methyl sites for hydroxylation is 2. The maximum atomic E-state index is 10.6. The molecule has 2 aromatic rings. The lowest BCUT2D eigenvalue weighted by atomic mass is 9.53. The van der Waals surface area contributed by atoms with Gasteiger partial charge in [0.25, 0.3) is 0 Å². The van der Waals surface area contributed by atoms with Crippen molar-refractivity contribution in [1.82, 2.24) is 4.98 Å². The Morgan fingerprint density at radius 1 is 1.21 bits per heavy atom. The number of aliphatic hydroxyl groups excluding tert-OH is 1. The van der Waals surface area contributed by atoms with E-state index in [0.717, 1.165) is 36.3 Å². The standard InChI is InChI=1S/C24H31NO3/c1-4-24-13-22(26)23(3,27)12-19(24)8-7-18-11-20(9-10-21(18)24)28-15-17-6-5-16(2)25-14-17/h5-6,9-11,14,19,22,26-27H,4,7-8,12-13,15H2,1-3H3/t19-,22+,23+,24-/m1/s1. The van der Waals surface area contributed by atoms with Crippen LogP contribution in [0.25, 0.3) is 0 Å². The minimum absolute atomic E-state index is 0.0470. The van der Waals surface area contributed by atoms with Crippen LogP contribution in [-0.2, 0) is 18.4 Å². The van der Waals surface area contributed by atoms with Crippen molar-refractivity contribution in [2.45, 2.75) is 76.6 Å². The van der Waals surface area contributed by atoms with Crippen LogP contribution in [0.5, 0.6) is 5.75 Å². The minimum atomic E-state index is -0.980. The summed E-state index contributed by atoms with van der Waals surface area (Å²) in [5.41, 5.74) is 3.70. The van der Waals surface area contributed by atoms with E-state index >= 15 is 0 Å². The van der Waals surface area contributed by atoms with Gasteiger partial charge in [0.2, 0.25) is 0 Å². The summed E-state index contributed by atoms with van der Waals surface area (Å²) in [6.45, 7) is 6.48. The summed E-state index contributed by atoms with van der Waals surface area (Å²) in [5, 5.41) is 21.2. The second-order valence-electron chi connectivity index (χ2n) is 8.94. The number of hydrogen-bond acceptors (Lipinski definition) is 4. The number of aliphatic hydroxyl groups is 2. The van der Waals surface area contributed by atoms with E-state index in [4.69, 9.17) is 4.74 Å². The number of rotatable bonds is 4. The van der Waals surface area contributed by atoms with Crippen molar-refractivity contribution in [3.8, 4) is 5.75 Å². The maximum absolute atomic E-state index is 10.6. The van der Waals surface area contributed by atoms with E-state index in [-0.39, 0.29) is 5.41 Å². The molecule has 4 heteroatoms. The molecule has 28 heavy (non-hydrogen) atoms. The topological polar surface area (TPSA) is 62.6 Å². The summed E-state index contributed by atoms with van der Waals surface area (Å²) in [6, 6.07) is 10.5. The fraction of sp³-hybridized carbons (Fsp3) is 0.542. The van der Waals surface area contributed by atoms with Crippen LogP contribution in [-0.4, -0.2) is 26.9 Å². The Hall–Kier alpha value is -1.91. The number of nitrogens with zero attached hydrogens (tertiary/aromatic N) is 1. The number of fused-ring (bicyclic) bond motifs is 3. The van der Waals surface area contributed by atoms with Crippen LogP contribution < -0.4 is 4.74 Å². The van der Waals surface area contributed by atoms with E-state index in [1.165, 1.54) is 11.1 Å². The van der Waals surface area contributed by atoms with Crippen molar-refractivity contribution in [1.29, 1.82) is 0 Å². The Kier molecular flexibility index (Phi) is 4.96. The van der Waals surface area contributed by atoms with Gasteiger partial charge in [-0.25, -0.2) is 0 Å². The Labute approximate surface area is 167 Å². The molecular formula is C24H31NO3. The molecular weight excluding hydrogens is 350 g/mol. The lowest BCUT2D eigenvalue weighted by Crippen LogP contribution is -2.56. The zero-order chi connectivity index (χ0) is 19.9. The number of aromatic nitrogens is 1. The molecule has 0 bridgehead atoms. The van der Waals surface area contributed by atoms with Crippen molar-refractivity contribution in [2.75, 3.05) is 0 Å². The Morgan fingerprint density at radius 3 is 2.75 bits per heavy atom. The van der Waals surface area contributed by atoms with Crippen molar-refractivity contribution in [3.05, 3.63) is 58.9 Å². The molecule has 0 aliphatic heterocycles. The average Bonchev–Trinajstić information content (AvgIpc) is 2.68. The highest BCUT2D eigenvalue weighted by molar-refractivity contribution is 5.44. The fourth-order valence-corrected chi connectivity index (χ4v) is 5.33. The summed E-state index contributed by atoms with van der Waals surface area (Å²) in [5.74, 6) is 1.29. The van der Waals surface area contributed by atoms with Crippen molar-refractivity contribution >= 4 is 0 Å². The fourth-order valence-electron chi connectivity index (χ4n) is 5.33. The minimum Gasteiger partial charge on any atom is -0.489 e. The highest BCUT2D eigenvalue weighted by Crippen LogP contribution is 2.54. The third kappa shape index (κ3) is 3.33. The normalized spacial score (nSPS) is 31.8. The molecule has 150 valence electrons. The second kappa shape index (κ2) is 7.16. The lowest BCUT2D eigenvalue weighted by molar-refractivity contribution is -0.129. The van der Waals surface area contributed by atoms with Gasteiger partial charge >= 0.3 is 0 Å². The van der Waals surface area contributed by atoms with Crippen molar-refractivity contribution in [3.63, 3.8) is 0 Å². The highest BCUT2D eigenvalue weighted by atomic mass is 16.5. The first-order chi connectivity index (χ1) is 13.3. The molecule has 1 heterocycles. The molecule has 0 unspecified atom stereocenters. The second-order valence-corrected chi connectivity index (χ2v) is 8.94. The Morgan fingerprint density at radius 2 is 2.04 bits per heavy atom. The molecule has 0 amide bonds. The average molecular weight is 382 g/mol. The number of hydrogen-bond donors (Lipinski definition) is 2. The van der Waals surface area contributed by atoms with E-state index in [1.54, 1.807) is 6.92 Å². The van der Waals surface area contributed by atoms with Gasteiger partial charge in [-0.3, -0.25) is 4.98 Å². The lowest BCUT2D eigenvalue weighted by Gasteiger charge is -2.54. The van der Waals surface area contributed by atoms with Gasteiger partial charge in [0.05, 0.1) is 11.7 Å². The summed E-state index contributed by atoms with van der Waals surface area (Å²) >= 11 is 0. The molecule has 1 aromatic heterocycles. The Balaban J connectivity index is 1.57. The van der Waals surface area contributed by atoms with Crippen LogP contribution in [0.2, 0.25) is 0 Å². The smallest absolute Gasteiger partial charge is 0.120 e. The molecule has 4 nitrogen and oxygen atoms in total. The van der Waals surface area contributed by atoms with E-state index in [9.17, 15) is 10.2 Å². The van der Waals surface area contributed by atoms with Gasteiger partial charge in [-0.1, -0.05) is 19.1 Å². The van der Waals surface area contributed by atoms with Crippen LogP contribution in [0.1, 0.15) is 61.9 Å². The molecule has 4 atom stereocenters. The summed E-state index contributed by atoms with van der Waals surface area (Å²) in [7, 11) is 0. The van der Waals surface area contributed by atoms with E-state index in [0.29, 0.717) is 25.4 Å². The first kappa shape index (κ1) is 19.4. The number of benzene rings is 1. The zero-order valence-corrected chi connectivity index (χ0v) is 17.1. The van der Waals surface area contributed by atoms with Crippen LogP contribution in [0.15, 0.2) is 36.5 Å². The van der Waals surface area contributed by atoms with Gasteiger partial charge in [-0.2, -0.15) is 0 Å². The maximum Gasteiger partial charge on any atom is 0.120 e. The third-order valence-electron chi connectivity index (χ3n) is 7.10. The van der Waals surface area contributed by atoms with E-state index in [1.807, 2.05) is 25.3 Å². The zero-order valence-electron chi connectivity index (χ0n) is 17.1. The van der Waals surface area contributed by atoms with Crippen LogP contribution in [0, 0.1) is 12.8 Å². The number of pyridine rings is 1.